The molecule has 0 aromatic heterocycles. The summed E-state index contributed by atoms with van der Waals surface area (Å²) in [5.41, 5.74) is 7.03. The van der Waals surface area contributed by atoms with Crippen LogP contribution in [0.25, 0.3) is 0 Å². The first-order valence-corrected chi connectivity index (χ1v) is 7.33. The predicted octanol–water partition coefficient (Wildman–Crippen LogP) is 2.79. The molecule has 0 spiro atoms. The number of carbonyl (C=O) groups excluding carboxylic acids is 1. The molecule has 1 aromatic rings. The first kappa shape index (κ1) is 14.7. The molecule has 20 heavy (non-hydrogen) atoms. The minimum atomic E-state index is 0.0270. The Kier molecular flexibility index (Phi) is 4.53. The maximum atomic E-state index is 12.7. The third-order valence-corrected chi connectivity index (χ3v) is 3.72. The monoisotopic (exact) mass is 276 g/mol. The lowest BCUT2D eigenvalue weighted by molar-refractivity contribution is 0.0619. The van der Waals surface area contributed by atoms with E-state index in [2.05, 4.69) is 13.8 Å². The van der Waals surface area contributed by atoms with E-state index < -0.39 is 0 Å². The van der Waals surface area contributed by atoms with Gasteiger partial charge in [0, 0.05) is 13.1 Å². The van der Waals surface area contributed by atoms with Gasteiger partial charge in [0.15, 0.2) is 5.75 Å². The Morgan fingerprint density at radius 3 is 2.60 bits per heavy atom. The van der Waals surface area contributed by atoms with Gasteiger partial charge in [-0.05, 0) is 37.3 Å². The van der Waals surface area contributed by atoms with Gasteiger partial charge < -0.3 is 15.4 Å². The zero-order chi connectivity index (χ0) is 14.7. The molecule has 1 heterocycles. The molecular weight excluding hydrogens is 252 g/mol. The zero-order valence-corrected chi connectivity index (χ0v) is 12.6. The Bertz CT molecular complexity index is 477. The van der Waals surface area contributed by atoms with E-state index in [1.807, 2.05) is 17.9 Å². The average Bonchev–Trinajstić information content (AvgIpc) is 2.39. The number of likely N-dealkylation sites (tertiary alicyclic amines) is 1. The third kappa shape index (κ3) is 3.06. The van der Waals surface area contributed by atoms with Crippen molar-refractivity contribution in [3.8, 4) is 5.75 Å². The molecular formula is C16H24N2O2. The molecule has 2 unspecified atom stereocenters. The van der Waals surface area contributed by atoms with Crippen molar-refractivity contribution in [1.82, 2.24) is 4.90 Å². The maximum absolute atomic E-state index is 12.7. The van der Waals surface area contributed by atoms with Crippen molar-refractivity contribution in [1.29, 1.82) is 0 Å². The zero-order valence-electron chi connectivity index (χ0n) is 12.6. The van der Waals surface area contributed by atoms with Crippen LogP contribution in [0.2, 0.25) is 0 Å². The minimum absolute atomic E-state index is 0.0270. The topological polar surface area (TPSA) is 55.6 Å². The molecule has 0 aliphatic carbocycles. The maximum Gasteiger partial charge on any atom is 0.257 e. The third-order valence-electron chi connectivity index (χ3n) is 3.72. The predicted molar refractivity (Wildman–Crippen MR) is 80.9 cm³/mol. The summed E-state index contributed by atoms with van der Waals surface area (Å²) in [5.74, 6) is 1.63. The van der Waals surface area contributed by atoms with E-state index in [9.17, 15) is 4.79 Å². The Hall–Kier alpha value is -1.71. The molecule has 1 aliphatic rings. The van der Waals surface area contributed by atoms with Gasteiger partial charge in [0.05, 0.1) is 17.9 Å². The second-order valence-corrected chi connectivity index (χ2v) is 5.81. The van der Waals surface area contributed by atoms with Gasteiger partial charge in [-0.3, -0.25) is 4.79 Å². The number of amides is 1. The largest absolute Gasteiger partial charge is 0.491 e. The van der Waals surface area contributed by atoms with Gasteiger partial charge in [0.2, 0.25) is 0 Å². The summed E-state index contributed by atoms with van der Waals surface area (Å²) in [5, 5.41) is 0. The molecule has 1 aromatic carbocycles. The number of nitrogen functional groups attached to an aromatic ring is 1. The SMILES string of the molecule is CCOc1c(N)cccc1C(=O)N1CC(C)CC(C)C1. The second kappa shape index (κ2) is 6.16. The molecule has 0 saturated carbocycles. The molecule has 2 N–H and O–H groups in total. The van der Waals surface area contributed by atoms with E-state index >= 15 is 0 Å². The Balaban J connectivity index is 2.26. The molecule has 1 aliphatic heterocycles. The van der Waals surface area contributed by atoms with Gasteiger partial charge in [-0.2, -0.15) is 0 Å². The van der Waals surface area contributed by atoms with Crippen molar-refractivity contribution in [3.05, 3.63) is 23.8 Å². The van der Waals surface area contributed by atoms with Gasteiger partial charge in [-0.1, -0.05) is 19.9 Å². The van der Waals surface area contributed by atoms with Crippen molar-refractivity contribution >= 4 is 11.6 Å². The van der Waals surface area contributed by atoms with Crippen LogP contribution in [-0.2, 0) is 0 Å². The molecule has 1 saturated heterocycles. The number of hydrogen-bond acceptors (Lipinski definition) is 3. The van der Waals surface area contributed by atoms with Crippen molar-refractivity contribution in [3.63, 3.8) is 0 Å². The number of nitrogens with zero attached hydrogens (tertiary/aromatic N) is 1. The summed E-state index contributed by atoms with van der Waals surface area (Å²) in [6.07, 6.45) is 1.18. The number of hydrogen-bond donors (Lipinski definition) is 1. The molecule has 1 fully saturated rings. The van der Waals surface area contributed by atoms with Gasteiger partial charge in [0.25, 0.3) is 5.91 Å². The highest BCUT2D eigenvalue weighted by Gasteiger charge is 2.28. The van der Waals surface area contributed by atoms with E-state index in [0.29, 0.717) is 35.4 Å². The number of nitrogens with two attached hydrogens (primary N) is 1. The highest BCUT2D eigenvalue weighted by molar-refractivity contribution is 5.98. The van der Waals surface area contributed by atoms with Gasteiger partial charge >= 0.3 is 0 Å². The van der Waals surface area contributed by atoms with Crippen LogP contribution in [0.1, 0.15) is 37.6 Å². The Labute approximate surface area is 120 Å². The fraction of sp³-hybridized carbons (Fsp3) is 0.562. The number of anilines is 1. The first-order valence-electron chi connectivity index (χ1n) is 7.33. The highest BCUT2D eigenvalue weighted by atomic mass is 16.5. The van der Waals surface area contributed by atoms with Crippen LogP contribution >= 0.6 is 0 Å². The second-order valence-electron chi connectivity index (χ2n) is 5.81. The lowest BCUT2D eigenvalue weighted by Gasteiger charge is -2.35. The molecule has 4 nitrogen and oxygen atoms in total. The summed E-state index contributed by atoms with van der Waals surface area (Å²) in [7, 11) is 0. The first-order chi connectivity index (χ1) is 9.52. The smallest absolute Gasteiger partial charge is 0.257 e. The minimum Gasteiger partial charge on any atom is -0.491 e. The van der Waals surface area contributed by atoms with Crippen LogP contribution in [0.3, 0.4) is 0 Å². The van der Waals surface area contributed by atoms with Gasteiger partial charge in [-0.25, -0.2) is 0 Å². The Morgan fingerprint density at radius 2 is 2.00 bits per heavy atom. The molecule has 0 bridgehead atoms. The standard InChI is InChI=1S/C16H24N2O2/c1-4-20-15-13(6-5-7-14(15)17)16(19)18-9-11(2)8-12(3)10-18/h5-7,11-12H,4,8-10,17H2,1-3H3. The summed E-state index contributed by atoms with van der Waals surface area (Å²) in [4.78, 5) is 14.7. The highest BCUT2D eigenvalue weighted by Crippen LogP contribution is 2.29. The van der Waals surface area contributed by atoms with Crippen molar-refractivity contribution in [2.24, 2.45) is 11.8 Å². The van der Waals surface area contributed by atoms with E-state index in [1.165, 1.54) is 6.42 Å². The van der Waals surface area contributed by atoms with Gasteiger partial charge in [0.1, 0.15) is 0 Å². The number of benzene rings is 1. The summed E-state index contributed by atoms with van der Waals surface area (Å²) < 4.78 is 5.56. The van der Waals surface area contributed by atoms with Gasteiger partial charge in [-0.15, -0.1) is 0 Å². The lowest BCUT2D eigenvalue weighted by atomic mass is 9.91. The van der Waals surface area contributed by atoms with Crippen LogP contribution < -0.4 is 10.5 Å². The van der Waals surface area contributed by atoms with Crippen molar-refractivity contribution in [2.75, 3.05) is 25.4 Å². The average molecular weight is 276 g/mol. The number of carbonyl (C=O) groups is 1. The molecule has 0 radical (unpaired) electrons. The van der Waals surface area contributed by atoms with E-state index in [-0.39, 0.29) is 5.91 Å². The lowest BCUT2D eigenvalue weighted by Crippen LogP contribution is -2.42. The van der Waals surface area contributed by atoms with Crippen LogP contribution in [0.5, 0.6) is 5.75 Å². The van der Waals surface area contributed by atoms with Crippen LogP contribution in [0, 0.1) is 11.8 Å². The molecule has 110 valence electrons. The van der Waals surface area contributed by atoms with E-state index in [1.54, 1.807) is 12.1 Å². The molecule has 2 atom stereocenters. The molecule has 4 heteroatoms. The fourth-order valence-electron chi connectivity index (χ4n) is 3.03. The number of rotatable bonds is 3. The summed E-state index contributed by atoms with van der Waals surface area (Å²) >= 11 is 0. The van der Waals surface area contributed by atoms with Crippen molar-refractivity contribution < 1.29 is 9.53 Å². The normalized spacial score (nSPS) is 22.6. The molecule has 2 rings (SSSR count). The number of piperidine rings is 1. The van der Waals surface area contributed by atoms with Crippen LogP contribution in [0.4, 0.5) is 5.69 Å². The summed E-state index contributed by atoms with van der Waals surface area (Å²) in [6.45, 7) is 8.40. The van der Waals surface area contributed by atoms with Crippen LogP contribution in [0.15, 0.2) is 18.2 Å². The van der Waals surface area contributed by atoms with Crippen molar-refractivity contribution in [2.45, 2.75) is 27.2 Å². The molecule has 1 amide bonds. The number of ether oxygens (including phenoxy) is 1. The van der Waals surface area contributed by atoms with E-state index in [4.69, 9.17) is 10.5 Å². The number of para-hydroxylation sites is 1. The summed E-state index contributed by atoms with van der Waals surface area (Å²) in [6, 6.07) is 5.37. The fourth-order valence-corrected chi connectivity index (χ4v) is 3.03. The van der Waals surface area contributed by atoms with Crippen LogP contribution in [-0.4, -0.2) is 30.5 Å². The van der Waals surface area contributed by atoms with E-state index in [0.717, 1.165) is 13.1 Å². The quantitative estimate of drug-likeness (QED) is 0.864. The Morgan fingerprint density at radius 1 is 1.35 bits per heavy atom.